The van der Waals surface area contributed by atoms with Gasteiger partial charge < -0.3 is 4.74 Å². The van der Waals surface area contributed by atoms with Crippen molar-refractivity contribution in [3.8, 4) is 0 Å². The molecule has 1 aliphatic heterocycles. The van der Waals surface area contributed by atoms with Crippen LogP contribution in [0.2, 0.25) is 0 Å². The zero-order chi connectivity index (χ0) is 10.8. The number of Topliss-reactive ketones (excluding diaryl/α,β-unsaturated/α-hetero) is 1. The molecule has 78 valence electrons. The number of carbonyl (C=O) groups is 2. The van der Waals surface area contributed by atoms with Gasteiger partial charge in [0.05, 0.1) is 12.3 Å². The maximum Gasteiger partial charge on any atom is 0.306 e. The van der Waals surface area contributed by atoms with E-state index in [1.807, 2.05) is 18.2 Å². The first kappa shape index (κ1) is 9.90. The molecule has 1 heterocycles. The fourth-order valence-corrected chi connectivity index (χ4v) is 1.81. The summed E-state index contributed by atoms with van der Waals surface area (Å²) in [5, 5.41) is 0. The van der Waals surface area contributed by atoms with Crippen molar-refractivity contribution in [3.05, 3.63) is 35.9 Å². The van der Waals surface area contributed by atoms with Crippen LogP contribution in [-0.4, -0.2) is 17.9 Å². The number of hydrogen-bond acceptors (Lipinski definition) is 3. The maximum atomic E-state index is 12.0. The Morgan fingerprint density at radius 3 is 2.53 bits per heavy atom. The molecule has 1 aromatic carbocycles. The molecule has 0 aliphatic carbocycles. The summed E-state index contributed by atoms with van der Waals surface area (Å²) in [5.74, 6) is -0.606. The Morgan fingerprint density at radius 2 is 2.00 bits per heavy atom. The van der Waals surface area contributed by atoms with Crippen molar-refractivity contribution in [1.82, 2.24) is 0 Å². The Labute approximate surface area is 88.1 Å². The molecule has 0 saturated carbocycles. The molecule has 0 radical (unpaired) electrons. The molecule has 3 nitrogen and oxygen atoms in total. The molecule has 0 aromatic heterocycles. The third-order valence-corrected chi connectivity index (χ3v) is 2.67. The van der Waals surface area contributed by atoms with Crippen LogP contribution in [0.25, 0.3) is 0 Å². The van der Waals surface area contributed by atoms with Crippen LogP contribution in [0.5, 0.6) is 0 Å². The fraction of sp³-hybridized carbons (Fsp3) is 0.333. The van der Waals surface area contributed by atoms with Crippen molar-refractivity contribution in [2.75, 3.05) is 0 Å². The van der Waals surface area contributed by atoms with Gasteiger partial charge in [0.1, 0.15) is 6.10 Å². The molecule has 0 amide bonds. The lowest BCUT2D eigenvalue weighted by Crippen LogP contribution is -2.21. The Bertz CT molecular complexity index is 383. The molecule has 2 rings (SSSR count). The van der Waals surface area contributed by atoms with Crippen LogP contribution in [0.1, 0.15) is 23.7 Å². The van der Waals surface area contributed by atoms with Crippen LogP contribution in [0.3, 0.4) is 0 Å². The van der Waals surface area contributed by atoms with Gasteiger partial charge in [0.2, 0.25) is 0 Å². The number of carbonyl (C=O) groups excluding carboxylic acids is 2. The molecule has 1 saturated heterocycles. The highest BCUT2D eigenvalue weighted by atomic mass is 16.5. The summed E-state index contributed by atoms with van der Waals surface area (Å²) in [6.45, 7) is 1.76. The van der Waals surface area contributed by atoms with E-state index in [1.54, 1.807) is 19.1 Å². The lowest BCUT2D eigenvalue weighted by molar-refractivity contribution is -0.140. The molecule has 1 aromatic rings. The quantitative estimate of drug-likeness (QED) is 0.545. The zero-order valence-corrected chi connectivity index (χ0v) is 8.47. The van der Waals surface area contributed by atoms with E-state index < -0.39 is 0 Å². The molecule has 1 aliphatic rings. The lowest BCUT2D eigenvalue weighted by Gasteiger charge is -2.11. The molecule has 0 bridgehead atoms. The molecule has 2 atom stereocenters. The van der Waals surface area contributed by atoms with Gasteiger partial charge >= 0.3 is 5.97 Å². The van der Waals surface area contributed by atoms with Crippen LogP contribution >= 0.6 is 0 Å². The molecule has 0 N–H and O–H groups in total. The molecular weight excluding hydrogens is 192 g/mol. The molecule has 1 fully saturated rings. The van der Waals surface area contributed by atoms with E-state index in [0.717, 1.165) is 0 Å². The zero-order valence-electron chi connectivity index (χ0n) is 8.47. The average Bonchev–Trinajstić information content (AvgIpc) is 2.58. The van der Waals surface area contributed by atoms with Gasteiger partial charge in [0.25, 0.3) is 0 Å². The van der Waals surface area contributed by atoms with Crippen LogP contribution in [0.4, 0.5) is 0 Å². The van der Waals surface area contributed by atoms with Crippen molar-refractivity contribution in [2.45, 2.75) is 19.4 Å². The van der Waals surface area contributed by atoms with Gasteiger partial charge in [0.15, 0.2) is 5.78 Å². The lowest BCUT2D eigenvalue weighted by atomic mass is 9.92. The number of rotatable bonds is 2. The Hall–Kier alpha value is -1.64. The average molecular weight is 204 g/mol. The predicted molar refractivity (Wildman–Crippen MR) is 54.4 cm³/mol. The normalized spacial score (nSPS) is 25.0. The minimum absolute atomic E-state index is 0.00560. The summed E-state index contributed by atoms with van der Waals surface area (Å²) >= 11 is 0. The summed E-state index contributed by atoms with van der Waals surface area (Å²) in [5.41, 5.74) is 0.646. The number of hydrogen-bond donors (Lipinski definition) is 0. The summed E-state index contributed by atoms with van der Waals surface area (Å²) in [6.07, 6.45) is -0.0975. The third kappa shape index (κ3) is 1.91. The standard InChI is InChI=1S/C12H12O3/c1-8-10(7-11(13)15-8)12(14)9-5-3-2-4-6-9/h2-6,8,10H,7H2,1H3/t8-,10+/m0/s1. The van der Waals surface area contributed by atoms with Gasteiger partial charge in [-0.3, -0.25) is 9.59 Å². The first-order valence-electron chi connectivity index (χ1n) is 4.97. The van der Waals surface area contributed by atoms with E-state index >= 15 is 0 Å². The maximum absolute atomic E-state index is 12.0. The van der Waals surface area contributed by atoms with E-state index in [4.69, 9.17) is 4.74 Å². The van der Waals surface area contributed by atoms with E-state index in [0.29, 0.717) is 5.56 Å². The predicted octanol–water partition coefficient (Wildman–Crippen LogP) is 1.82. The summed E-state index contributed by atoms with van der Waals surface area (Å²) < 4.78 is 4.96. The van der Waals surface area contributed by atoms with Crippen molar-refractivity contribution >= 4 is 11.8 Å². The minimum Gasteiger partial charge on any atom is -0.462 e. The Kier molecular flexibility index (Phi) is 2.54. The van der Waals surface area contributed by atoms with Gasteiger partial charge in [-0.15, -0.1) is 0 Å². The second-order valence-corrected chi connectivity index (χ2v) is 3.74. The van der Waals surface area contributed by atoms with Crippen LogP contribution in [0, 0.1) is 5.92 Å². The second-order valence-electron chi connectivity index (χ2n) is 3.74. The number of ether oxygens (including phenoxy) is 1. The van der Waals surface area contributed by atoms with Gasteiger partial charge in [0, 0.05) is 5.56 Å². The smallest absolute Gasteiger partial charge is 0.306 e. The monoisotopic (exact) mass is 204 g/mol. The van der Waals surface area contributed by atoms with Crippen LogP contribution < -0.4 is 0 Å². The number of ketones is 1. The van der Waals surface area contributed by atoms with Crippen molar-refractivity contribution in [3.63, 3.8) is 0 Å². The van der Waals surface area contributed by atoms with Crippen molar-refractivity contribution < 1.29 is 14.3 Å². The van der Waals surface area contributed by atoms with Gasteiger partial charge in [-0.25, -0.2) is 0 Å². The summed E-state index contributed by atoms with van der Waals surface area (Å²) in [6, 6.07) is 9.01. The Morgan fingerprint density at radius 1 is 1.33 bits per heavy atom. The molecule has 0 unspecified atom stereocenters. The highest BCUT2D eigenvalue weighted by Gasteiger charge is 2.36. The molecular formula is C12H12O3. The third-order valence-electron chi connectivity index (χ3n) is 2.67. The fourth-order valence-electron chi connectivity index (χ4n) is 1.81. The van der Waals surface area contributed by atoms with E-state index in [2.05, 4.69) is 0 Å². The van der Waals surface area contributed by atoms with E-state index in [-0.39, 0.29) is 30.2 Å². The highest BCUT2D eigenvalue weighted by Crippen LogP contribution is 2.25. The van der Waals surface area contributed by atoms with Crippen LogP contribution in [0.15, 0.2) is 30.3 Å². The highest BCUT2D eigenvalue weighted by molar-refractivity contribution is 6.00. The first-order valence-corrected chi connectivity index (χ1v) is 4.97. The summed E-state index contributed by atoms with van der Waals surface area (Å²) in [7, 11) is 0. The topological polar surface area (TPSA) is 43.4 Å². The van der Waals surface area contributed by atoms with E-state index in [1.165, 1.54) is 0 Å². The van der Waals surface area contributed by atoms with Gasteiger partial charge in [-0.05, 0) is 6.92 Å². The van der Waals surface area contributed by atoms with Gasteiger partial charge in [-0.2, -0.15) is 0 Å². The van der Waals surface area contributed by atoms with Gasteiger partial charge in [-0.1, -0.05) is 30.3 Å². The molecule has 15 heavy (non-hydrogen) atoms. The second kappa shape index (κ2) is 3.85. The largest absolute Gasteiger partial charge is 0.462 e. The van der Waals surface area contributed by atoms with Crippen molar-refractivity contribution in [2.24, 2.45) is 5.92 Å². The van der Waals surface area contributed by atoms with Crippen LogP contribution in [-0.2, 0) is 9.53 Å². The SMILES string of the molecule is C[C@@H]1OC(=O)C[C@H]1C(=O)c1ccccc1. The molecule has 3 heteroatoms. The Balaban J connectivity index is 2.19. The number of esters is 1. The first-order chi connectivity index (χ1) is 7.18. The molecule has 0 spiro atoms. The minimum atomic E-state index is -0.320. The number of cyclic esters (lactones) is 1. The van der Waals surface area contributed by atoms with E-state index in [9.17, 15) is 9.59 Å². The van der Waals surface area contributed by atoms with Crippen molar-refractivity contribution in [1.29, 1.82) is 0 Å². The number of benzene rings is 1. The summed E-state index contributed by atoms with van der Waals surface area (Å²) in [4.78, 5) is 23.0.